The summed E-state index contributed by atoms with van der Waals surface area (Å²) in [5, 5.41) is 3.52. The lowest BCUT2D eigenvalue weighted by Gasteiger charge is -2.12. The first-order chi connectivity index (χ1) is 6.72. The first-order valence-electron chi connectivity index (χ1n) is 6.07. The molecule has 1 aliphatic heterocycles. The van der Waals surface area contributed by atoms with E-state index in [1.165, 1.54) is 25.7 Å². The summed E-state index contributed by atoms with van der Waals surface area (Å²) < 4.78 is 5.83. The summed E-state index contributed by atoms with van der Waals surface area (Å²) in [7, 11) is 0. The van der Waals surface area contributed by atoms with Gasteiger partial charge in [-0.25, -0.2) is 0 Å². The van der Waals surface area contributed by atoms with Crippen LogP contribution in [-0.2, 0) is 4.74 Å². The Hall–Kier alpha value is -0.0800. The van der Waals surface area contributed by atoms with Crippen LogP contribution in [0.3, 0.4) is 0 Å². The molecular formula is C12H25NO. The molecule has 2 heteroatoms. The van der Waals surface area contributed by atoms with E-state index in [1.54, 1.807) is 0 Å². The molecule has 1 rings (SSSR count). The summed E-state index contributed by atoms with van der Waals surface area (Å²) in [6.45, 7) is 8.73. The van der Waals surface area contributed by atoms with Crippen LogP contribution in [0.1, 0.15) is 46.5 Å². The summed E-state index contributed by atoms with van der Waals surface area (Å²) in [5.41, 5.74) is 0. The van der Waals surface area contributed by atoms with Gasteiger partial charge in [0, 0.05) is 19.2 Å². The highest BCUT2D eigenvalue weighted by Gasteiger charge is 2.23. The molecule has 2 unspecified atom stereocenters. The van der Waals surface area contributed by atoms with E-state index in [0.29, 0.717) is 12.1 Å². The van der Waals surface area contributed by atoms with Gasteiger partial charge in [-0.2, -0.15) is 0 Å². The first-order valence-corrected chi connectivity index (χ1v) is 6.07. The monoisotopic (exact) mass is 199 g/mol. The Balaban J connectivity index is 2.04. The smallest absolute Gasteiger partial charge is 0.0714 e. The lowest BCUT2D eigenvalue weighted by atomic mass is 10.1. The maximum Gasteiger partial charge on any atom is 0.0714 e. The second-order valence-electron chi connectivity index (χ2n) is 4.80. The highest BCUT2D eigenvalue weighted by atomic mass is 16.5. The SMILES string of the molecule is CCCC1CC(OCCC(C)C)CN1. The van der Waals surface area contributed by atoms with Crippen LogP contribution in [0.15, 0.2) is 0 Å². The topological polar surface area (TPSA) is 21.3 Å². The minimum atomic E-state index is 0.477. The van der Waals surface area contributed by atoms with Crippen LogP contribution in [0.5, 0.6) is 0 Å². The fraction of sp³-hybridized carbons (Fsp3) is 1.00. The molecule has 2 atom stereocenters. The van der Waals surface area contributed by atoms with Crippen molar-refractivity contribution in [2.24, 2.45) is 5.92 Å². The predicted octanol–water partition coefficient (Wildman–Crippen LogP) is 2.58. The van der Waals surface area contributed by atoms with Gasteiger partial charge in [0.15, 0.2) is 0 Å². The summed E-state index contributed by atoms with van der Waals surface area (Å²) in [6.07, 6.45) is 5.45. The van der Waals surface area contributed by atoms with Crippen molar-refractivity contribution in [2.45, 2.75) is 58.6 Å². The average Bonchev–Trinajstić information content (AvgIpc) is 2.53. The van der Waals surface area contributed by atoms with Gasteiger partial charge < -0.3 is 10.1 Å². The van der Waals surface area contributed by atoms with E-state index in [2.05, 4.69) is 26.1 Å². The summed E-state index contributed by atoms with van der Waals surface area (Å²) >= 11 is 0. The summed E-state index contributed by atoms with van der Waals surface area (Å²) in [6, 6.07) is 0.712. The van der Waals surface area contributed by atoms with Gasteiger partial charge in [-0.05, 0) is 25.2 Å². The minimum absolute atomic E-state index is 0.477. The summed E-state index contributed by atoms with van der Waals surface area (Å²) in [5.74, 6) is 0.760. The third kappa shape index (κ3) is 4.43. The Morgan fingerprint density at radius 3 is 2.86 bits per heavy atom. The van der Waals surface area contributed by atoms with Gasteiger partial charge in [0.05, 0.1) is 6.10 Å². The van der Waals surface area contributed by atoms with Gasteiger partial charge in [0.1, 0.15) is 0 Å². The second kappa shape index (κ2) is 6.41. The highest BCUT2D eigenvalue weighted by Crippen LogP contribution is 2.15. The zero-order chi connectivity index (χ0) is 10.4. The number of hydrogen-bond donors (Lipinski definition) is 1. The molecule has 0 aromatic rings. The predicted molar refractivity (Wildman–Crippen MR) is 60.5 cm³/mol. The Morgan fingerprint density at radius 1 is 1.43 bits per heavy atom. The van der Waals surface area contributed by atoms with Crippen molar-refractivity contribution in [3.63, 3.8) is 0 Å². The molecule has 0 spiro atoms. The van der Waals surface area contributed by atoms with Gasteiger partial charge in [0.2, 0.25) is 0 Å². The van der Waals surface area contributed by atoms with E-state index in [0.717, 1.165) is 19.1 Å². The zero-order valence-corrected chi connectivity index (χ0v) is 9.88. The van der Waals surface area contributed by atoms with Gasteiger partial charge in [-0.3, -0.25) is 0 Å². The van der Waals surface area contributed by atoms with E-state index in [1.807, 2.05) is 0 Å². The third-order valence-corrected chi connectivity index (χ3v) is 2.87. The van der Waals surface area contributed by atoms with Crippen molar-refractivity contribution in [2.75, 3.05) is 13.2 Å². The van der Waals surface area contributed by atoms with E-state index in [4.69, 9.17) is 4.74 Å². The first kappa shape index (κ1) is 12.0. The molecule has 2 nitrogen and oxygen atoms in total. The van der Waals surface area contributed by atoms with Crippen molar-refractivity contribution < 1.29 is 4.74 Å². The van der Waals surface area contributed by atoms with Gasteiger partial charge in [-0.1, -0.05) is 27.2 Å². The van der Waals surface area contributed by atoms with E-state index in [-0.39, 0.29) is 0 Å². The number of ether oxygens (including phenoxy) is 1. The normalized spacial score (nSPS) is 27.4. The molecule has 1 fully saturated rings. The largest absolute Gasteiger partial charge is 0.377 e. The van der Waals surface area contributed by atoms with E-state index < -0.39 is 0 Å². The van der Waals surface area contributed by atoms with Crippen LogP contribution in [-0.4, -0.2) is 25.3 Å². The van der Waals surface area contributed by atoms with Crippen molar-refractivity contribution >= 4 is 0 Å². The second-order valence-corrected chi connectivity index (χ2v) is 4.80. The van der Waals surface area contributed by atoms with Crippen molar-refractivity contribution in [1.29, 1.82) is 0 Å². The van der Waals surface area contributed by atoms with Crippen LogP contribution >= 0.6 is 0 Å². The molecule has 84 valence electrons. The van der Waals surface area contributed by atoms with Crippen molar-refractivity contribution in [3.05, 3.63) is 0 Å². The molecule has 1 heterocycles. The Morgan fingerprint density at radius 2 is 2.21 bits per heavy atom. The van der Waals surface area contributed by atoms with Crippen molar-refractivity contribution in [1.82, 2.24) is 5.32 Å². The molecule has 1 N–H and O–H groups in total. The quantitative estimate of drug-likeness (QED) is 0.710. The molecule has 0 aromatic heterocycles. The molecule has 14 heavy (non-hydrogen) atoms. The standard InChI is InChI=1S/C12H25NO/c1-4-5-11-8-12(9-13-11)14-7-6-10(2)3/h10-13H,4-9H2,1-3H3. The van der Waals surface area contributed by atoms with Gasteiger partial charge in [0.25, 0.3) is 0 Å². The van der Waals surface area contributed by atoms with E-state index in [9.17, 15) is 0 Å². The van der Waals surface area contributed by atoms with Crippen molar-refractivity contribution in [3.8, 4) is 0 Å². The lowest BCUT2D eigenvalue weighted by molar-refractivity contribution is 0.0580. The Kier molecular flexibility index (Phi) is 5.49. The fourth-order valence-electron chi connectivity index (χ4n) is 1.95. The fourth-order valence-corrected chi connectivity index (χ4v) is 1.95. The Labute approximate surface area is 88.4 Å². The molecule has 0 saturated carbocycles. The molecule has 0 radical (unpaired) electrons. The summed E-state index contributed by atoms with van der Waals surface area (Å²) in [4.78, 5) is 0. The zero-order valence-electron chi connectivity index (χ0n) is 9.88. The molecule has 1 aliphatic rings. The van der Waals surface area contributed by atoms with Crippen LogP contribution in [0.4, 0.5) is 0 Å². The molecule has 0 aliphatic carbocycles. The molecule has 0 bridgehead atoms. The molecule has 0 amide bonds. The Bertz CT molecular complexity index is 147. The average molecular weight is 199 g/mol. The molecular weight excluding hydrogens is 174 g/mol. The molecule has 0 aromatic carbocycles. The maximum atomic E-state index is 5.83. The van der Waals surface area contributed by atoms with Crippen LogP contribution < -0.4 is 5.32 Å². The number of nitrogens with one attached hydrogen (secondary N) is 1. The maximum absolute atomic E-state index is 5.83. The highest BCUT2D eigenvalue weighted by molar-refractivity contribution is 4.81. The van der Waals surface area contributed by atoms with Crippen LogP contribution in [0.2, 0.25) is 0 Å². The van der Waals surface area contributed by atoms with Gasteiger partial charge >= 0.3 is 0 Å². The minimum Gasteiger partial charge on any atom is -0.377 e. The molecule has 1 saturated heterocycles. The van der Waals surface area contributed by atoms with E-state index >= 15 is 0 Å². The van der Waals surface area contributed by atoms with Crippen LogP contribution in [0.25, 0.3) is 0 Å². The number of rotatable bonds is 6. The lowest BCUT2D eigenvalue weighted by Crippen LogP contribution is -2.21. The third-order valence-electron chi connectivity index (χ3n) is 2.87. The van der Waals surface area contributed by atoms with Crippen LogP contribution in [0, 0.1) is 5.92 Å². The number of hydrogen-bond acceptors (Lipinski definition) is 2. The van der Waals surface area contributed by atoms with Gasteiger partial charge in [-0.15, -0.1) is 0 Å².